The second kappa shape index (κ2) is 7.08. The molecule has 4 nitrogen and oxygen atoms in total. The lowest BCUT2D eigenvalue weighted by molar-refractivity contribution is -0.900. The van der Waals surface area contributed by atoms with E-state index in [1.165, 1.54) is 4.67 Å². The molecular weight excluding hydrogens is 290 g/mol. The van der Waals surface area contributed by atoms with Gasteiger partial charge in [-0.1, -0.05) is 6.42 Å². The Labute approximate surface area is 129 Å². The molecule has 0 spiro atoms. The molecule has 0 aromatic heterocycles. The van der Waals surface area contributed by atoms with Crippen molar-refractivity contribution in [2.24, 2.45) is 0 Å². The third-order valence-corrected chi connectivity index (χ3v) is 6.27. The van der Waals surface area contributed by atoms with Gasteiger partial charge < -0.3 is 4.48 Å². The Hall–Kier alpha value is 0.0400. The smallest absolute Gasteiger partial charge is 0.326 e. The highest BCUT2D eigenvalue weighted by molar-refractivity contribution is 7.50. The molecule has 0 N–H and O–H groups in total. The fraction of sp³-hybridized carbons (Fsp3) is 1.00. The van der Waals surface area contributed by atoms with E-state index in [0.717, 1.165) is 25.7 Å². The molecule has 126 valence electrons. The standard InChI is InChI=1S/C15H33FN2O2P/c1-12(2)17(13(3)4)21(16,19)20-15-11-9-8-10-14(15)18(5,6)7/h12-15H,8-11H2,1-7H3/q+1/t14-,15-,21?/m0/s1. The van der Waals surface area contributed by atoms with Crippen LogP contribution in [0.5, 0.6) is 0 Å². The maximum Gasteiger partial charge on any atom is 0.446 e. The van der Waals surface area contributed by atoms with Gasteiger partial charge in [-0.2, -0.15) is 0 Å². The lowest BCUT2D eigenvalue weighted by Gasteiger charge is -2.43. The molecule has 1 aliphatic carbocycles. The Morgan fingerprint density at radius 2 is 1.57 bits per heavy atom. The van der Waals surface area contributed by atoms with Gasteiger partial charge in [0, 0.05) is 18.5 Å². The van der Waals surface area contributed by atoms with E-state index < -0.39 is 7.83 Å². The van der Waals surface area contributed by atoms with Gasteiger partial charge in [0.15, 0.2) is 0 Å². The van der Waals surface area contributed by atoms with Crippen LogP contribution in [0.15, 0.2) is 0 Å². The van der Waals surface area contributed by atoms with Crippen LogP contribution >= 0.6 is 7.83 Å². The van der Waals surface area contributed by atoms with Crippen LogP contribution in [-0.2, 0) is 9.09 Å². The molecule has 0 aromatic carbocycles. The number of halogens is 1. The minimum Gasteiger partial charge on any atom is -0.326 e. The van der Waals surface area contributed by atoms with Crippen LogP contribution in [0.3, 0.4) is 0 Å². The lowest BCUT2D eigenvalue weighted by atomic mass is 9.91. The number of hydrogen-bond acceptors (Lipinski definition) is 2. The number of likely N-dealkylation sites (N-methyl/N-ethyl adjacent to an activating group) is 1. The van der Waals surface area contributed by atoms with Gasteiger partial charge in [0.05, 0.1) is 21.1 Å². The molecule has 0 aromatic rings. The predicted molar refractivity (Wildman–Crippen MR) is 86.0 cm³/mol. The maximum atomic E-state index is 14.9. The van der Waals surface area contributed by atoms with Crippen LogP contribution in [0.25, 0.3) is 0 Å². The van der Waals surface area contributed by atoms with Crippen molar-refractivity contribution in [1.82, 2.24) is 4.67 Å². The zero-order chi connectivity index (χ0) is 16.4. The number of rotatable bonds is 6. The Balaban J connectivity index is 2.92. The molecule has 1 rings (SSSR count). The second-order valence-corrected chi connectivity index (χ2v) is 9.21. The molecule has 3 atom stereocenters. The van der Waals surface area contributed by atoms with Gasteiger partial charge in [-0.3, -0.25) is 4.52 Å². The summed E-state index contributed by atoms with van der Waals surface area (Å²) in [5.74, 6) is 0. The Bertz CT molecular complexity index is 374. The van der Waals surface area contributed by atoms with Crippen molar-refractivity contribution in [3.63, 3.8) is 0 Å². The van der Waals surface area contributed by atoms with Crippen molar-refractivity contribution < 1.29 is 17.8 Å². The maximum absolute atomic E-state index is 14.9. The molecule has 1 fully saturated rings. The first-order valence-electron chi connectivity index (χ1n) is 8.05. The molecule has 21 heavy (non-hydrogen) atoms. The van der Waals surface area contributed by atoms with Crippen LogP contribution < -0.4 is 0 Å². The van der Waals surface area contributed by atoms with E-state index in [9.17, 15) is 8.76 Å². The van der Waals surface area contributed by atoms with Gasteiger partial charge in [-0.05, 0) is 40.5 Å². The van der Waals surface area contributed by atoms with Crippen LogP contribution in [-0.4, -0.2) is 54.5 Å². The average Bonchev–Trinajstić information content (AvgIpc) is 2.25. The summed E-state index contributed by atoms with van der Waals surface area (Å²) in [7, 11) is 2.02. The second-order valence-electron chi connectivity index (χ2n) is 7.63. The van der Waals surface area contributed by atoms with Crippen LogP contribution in [0, 0.1) is 0 Å². The zero-order valence-electron chi connectivity index (χ0n) is 14.7. The van der Waals surface area contributed by atoms with E-state index in [4.69, 9.17) is 4.52 Å². The van der Waals surface area contributed by atoms with E-state index in [-0.39, 0.29) is 24.2 Å². The van der Waals surface area contributed by atoms with Crippen molar-refractivity contribution in [2.75, 3.05) is 21.1 Å². The van der Waals surface area contributed by atoms with Gasteiger partial charge in [0.2, 0.25) is 0 Å². The first-order valence-corrected chi connectivity index (χ1v) is 9.51. The van der Waals surface area contributed by atoms with Gasteiger partial charge >= 0.3 is 7.83 Å². The topological polar surface area (TPSA) is 29.5 Å². The third kappa shape index (κ3) is 5.02. The van der Waals surface area contributed by atoms with Crippen molar-refractivity contribution in [3.8, 4) is 0 Å². The van der Waals surface area contributed by atoms with E-state index in [1.54, 1.807) is 0 Å². The largest absolute Gasteiger partial charge is 0.446 e. The molecule has 0 amide bonds. The summed E-state index contributed by atoms with van der Waals surface area (Å²) in [4.78, 5) is 0. The highest BCUT2D eigenvalue weighted by atomic mass is 31.2. The number of nitrogens with zero attached hydrogens (tertiary/aromatic N) is 2. The lowest BCUT2D eigenvalue weighted by Crippen LogP contribution is -2.53. The quantitative estimate of drug-likeness (QED) is 0.541. The van der Waals surface area contributed by atoms with E-state index in [0.29, 0.717) is 4.48 Å². The highest BCUT2D eigenvalue weighted by Gasteiger charge is 2.44. The molecule has 0 aliphatic heterocycles. The van der Waals surface area contributed by atoms with E-state index >= 15 is 0 Å². The summed E-state index contributed by atoms with van der Waals surface area (Å²) in [6.07, 6.45) is 3.67. The molecule has 1 aliphatic rings. The SMILES string of the molecule is CC(C)N(C(C)C)P(=O)(F)O[C@H]1CCCC[C@@H]1[N+](C)(C)C. The molecule has 6 heteroatoms. The average molecular weight is 323 g/mol. The van der Waals surface area contributed by atoms with Crippen molar-refractivity contribution in [1.29, 1.82) is 0 Å². The van der Waals surface area contributed by atoms with Gasteiger partial charge in [-0.15, -0.1) is 4.20 Å². The number of hydrogen-bond donors (Lipinski definition) is 0. The third-order valence-electron chi connectivity index (χ3n) is 4.26. The molecule has 1 saturated carbocycles. The summed E-state index contributed by atoms with van der Waals surface area (Å²) in [6, 6.07) is -0.0944. The molecule has 0 saturated heterocycles. The minimum atomic E-state index is -4.27. The number of quaternary nitrogens is 1. The summed E-state index contributed by atoms with van der Waals surface area (Å²) in [5, 5.41) is 0. The molecule has 0 radical (unpaired) electrons. The first kappa shape index (κ1) is 19.1. The monoisotopic (exact) mass is 323 g/mol. The van der Waals surface area contributed by atoms with Crippen molar-refractivity contribution in [2.45, 2.75) is 77.6 Å². The molecule has 1 unspecified atom stereocenters. The van der Waals surface area contributed by atoms with Gasteiger partial charge in [0.1, 0.15) is 12.1 Å². The van der Waals surface area contributed by atoms with Crippen LogP contribution in [0.4, 0.5) is 4.20 Å². The van der Waals surface area contributed by atoms with Crippen LogP contribution in [0.2, 0.25) is 0 Å². The predicted octanol–water partition coefficient (Wildman–Crippen LogP) is 4.22. The minimum absolute atomic E-state index is 0.146. The summed E-state index contributed by atoms with van der Waals surface area (Å²) >= 11 is 0. The summed E-state index contributed by atoms with van der Waals surface area (Å²) in [6.45, 7) is 7.42. The Kier molecular flexibility index (Phi) is 6.43. The van der Waals surface area contributed by atoms with E-state index in [1.807, 2.05) is 27.7 Å². The van der Waals surface area contributed by atoms with Crippen molar-refractivity contribution >= 4 is 7.83 Å². The first-order chi connectivity index (χ1) is 9.47. The molecular formula is C15H33FN2O2P+. The Morgan fingerprint density at radius 3 is 2.00 bits per heavy atom. The molecule has 0 bridgehead atoms. The van der Waals surface area contributed by atoms with E-state index in [2.05, 4.69) is 21.1 Å². The summed E-state index contributed by atoms with van der Waals surface area (Å²) < 4.78 is 35.1. The fourth-order valence-corrected chi connectivity index (χ4v) is 5.25. The highest BCUT2D eigenvalue weighted by Crippen LogP contribution is 2.57. The normalized spacial score (nSPS) is 27.4. The Morgan fingerprint density at radius 1 is 1.10 bits per heavy atom. The fourth-order valence-electron chi connectivity index (χ4n) is 3.46. The molecule has 0 heterocycles. The van der Waals surface area contributed by atoms with Crippen LogP contribution in [0.1, 0.15) is 53.4 Å². The zero-order valence-corrected chi connectivity index (χ0v) is 15.6. The summed E-state index contributed by atoms with van der Waals surface area (Å²) in [5.41, 5.74) is 0. The van der Waals surface area contributed by atoms with Gasteiger partial charge in [-0.25, -0.2) is 9.24 Å². The van der Waals surface area contributed by atoms with Gasteiger partial charge in [0.25, 0.3) is 0 Å². The van der Waals surface area contributed by atoms with Crippen molar-refractivity contribution in [3.05, 3.63) is 0 Å².